The van der Waals surface area contributed by atoms with Gasteiger partial charge in [-0.15, -0.1) is 0 Å². The first-order chi connectivity index (χ1) is 22.8. The Morgan fingerprint density at radius 3 is 2.04 bits per heavy atom. The standard InChI is InChI=1S/C42H25N3O/c1-2-11-27(12-3-1)40-42(44-35-16-8-7-15-34(35)43-40)45-36-23-22-32-31-14-6-9-17-38(31)46-41(32)39(36)33-21-20-30(25-37(33)45)29-19-18-26-10-4-5-13-28(26)24-29/h1-25H. The fourth-order valence-corrected chi connectivity index (χ4v) is 7.00. The first-order valence-electron chi connectivity index (χ1n) is 15.5. The highest BCUT2D eigenvalue weighted by Gasteiger charge is 2.23. The van der Waals surface area contributed by atoms with E-state index in [0.29, 0.717) is 0 Å². The minimum atomic E-state index is 0.788. The molecule has 0 aliphatic rings. The molecule has 214 valence electrons. The van der Waals surface area contributed by atoms with Gasteiger partial charge in [-0.25, -0.2) is 9.97 Å². The van der Waals surface area contributed by atoms with Crippen molar-refractivity contribution in [3.05, 3.63) is 152 Å². The van der Waals surface area contributed by atoms with Crippen LogP contribution in [0.5, 0.6) is 0 Å². The van der Waals surface area contributed by atoms with E-state index in [2.05, 4.69) is 114 Å². The summed E-state index contributed by atoms with van der Waals surface area (Å²) in [5, 5.41) is 6.85. The third-order valence-corrected chi connectivity index (χ3v) is 9.17. The lowest BCUT2D eigenvalue weighted by Gasteiger charge is -2.14. The zero-order valence-electron chi connectivity index (χ0n) is 24.7. The number of aromatic nitrogens is 3. The van der Waals surface area contributed by atoms with Crippen molar-refractivity contribution in [2.75, 3.05) is 0 Å². The summed E-state index contributed by atoms with van der Waals surface area (Å²) < 4.78 is 8.90. The molecule has 3 aromatic heterocycles. The monoisotopic (exact) mass is 587 g/mol. The highest BCUT2D eigenvalue weighted by molar-refractivity contribution is 6.24. The second-order valence-corrected chi connectivity index (χ2v) is 11.8. The van der Waals surface area contributed by atoms with Crippen LogP contribution in [0.1, 0.15) is 0 Å². The zero-order chi connectivity index (χ0) is 30.2. The summed E-state index contributed by atoms with van der Waals surface area (Å²) in [4.78, 5) is 10.6. The third kappa shape index (κ3) is 3.67. The highest BCUT2D eigenvalue weighted by Crippen LogP contribution is 2.43. The lowest BCUT2D eigenvalue weighted by Crippen LogP contribution is -2.03. The van der Waals surface area contributed by atoms with Gasteiger partial charge in [-0.05, 0) is 64.4 Å². The van der Waals surface area contributed by atoms with E-state index in [1.807, 2.05) is 42.5 Å². The van der Waals surface area contributed by atoms with Gasteiger partial charge >= 0.3 is 0 Å². The Bertz CT molecular complexity index is 2810. The molecule has 0 fully saturated rings. The van der Waals surface area contributed by atoms with Crippen LogP contribution < -0.4 is 0 Å². The number of fused-ring (bicyclic) bond motifs is 9. The normalized spacial score (nSPS) is 11.9. The molecule has 0 N–H and O–H groups in total. The summed E-state index contributed by atoms with van der Waals surface area (Å²) in [7, 11) is 0. The quantitative estimate of drug-likeness (QED) is 0.207. The minimum Gasteiger partial charge on any atom is -0.455 e. The molecule has 7 aromatic carbocycles. The van der Waals surface area contributed by atoms with Crippen LogP contribution in [0.25, 0.3) is 93.8 Å². The zero-order valence-corrected chi connectivity index (χ0v) is 24.7. The average molecular weight is 588 g/mol. The number of rotatable bonds is 3. The van der Waals surface area contributed by atoms with Crippen molar-refractivity contribution < 1.29 is 4.42 Å². The summed E-state index contributed by atoms with van der Waals surface area (Å²) in [5.41, 5.74) is 9.71. The second kappa shape index (κ2) is 9.62. The molecule has 46 heavy (non-hydrogen) atoms. The van der Waals surface area contributed by atoms with Gasteiger partial charge in [0.25, 0.3) is 0 Å². The molecule has 0 spiro atoms. The van der Waals surface area contributed by atoms with Gasteiger partial charge in [-0.1, -0.05) is 109 Å². The number of nitrogens with zero attached hydrogens (tertiary/aromatic N) is 3. The molecule has 0 amide bonds. The van der Waals surface area contributed by atoms with E-state index >= 15 is 0 Å². The molecule has 0 saturated carbocycles. The molecule has 10 rings (SSSR count). The topological polar surface area (TPSA) is 43.9 Å². The maximum absolute atomic E-state index is 6.62. The van der Waals surface area contributed by atoms with Crippen molar-refractivity contribution >= 4 is 65.6 Å². The summed E-state index contributed by atoms with van der Waals surface area (Å²) in [6.07, 6.45) is 0. The van der Waals surface area contributed by atoms with E-state index in [1.165, 1.54) is 16.3 Å². The number of para-hydroxylation sites is 3. The molecule has 0 radical (unpaired) electrons. The van der Waals surface area contributed by atoms with Crippen LogP contribution in [0, 0.1) is 0 Å². The molecule has 0 unspecified atom stereocenters. The predicted octanol–water partition coefficient (Wildman–Crippen LogP) is 11.1. The van der Waals surface area contributed by atoms with Crippen molar-refractivity contribution in [1.82, 2.24) is 14.5 Å². The van der Waals surface area contributed by atoms with E-state index in [1.54, 1.807) is 0 Å². The molecule has 0 aliphatic heterocycles. The van der Waals surface area contributed by atoms with Gasteiger partial charge in [0.05, 0.1) is 27.5 Å². The van der Waals surface area contributed by atoms with Crippen LogP contribution in [0.15, 0.2) is 156 Å². The van der Waals surface area contributed by atoms with E-state index in [4.69, 9.17) is 14.4 Å². The first-order valence-corrected chi connectivity index (χ1v) is 15.5. The van der Waals surface area contributed by atoms with E-state index in [0.717, 1.165) is 77.4 Å². The van der Waals surface area contributed by atoms with Crippen molar-refractivity contribution in [2.45, 2.75) is 0 Å². The molecule has 0 aliphatic carbocycles. The van der Waals surface area contributed by atoms with Crippen LogP contribution in [-0.4, -0.2) is 14.5 Å². The molecule has 3 heterocycles. The smallest absolute Gasteiger partial charge is 0.165 e. The fourth-order valence-electron chi connectivity index (χ4n) is 7.00. The van der Waals surface area contributed by atoms with Gasteiger partial charge in [-0.3, -0.25) is 4.57 Å². The average Bonchev–Trinajstić information content (AvgIpc) is 3.66. The molecule has 0 saturated heterocycles. The van der Waals surface area contributed by atoms with Crippen LogP contribution in [0.4, 0.5) is 0 Å². The summed E-state index contributed by atoms with van der Waals surface area (Å²) in [6.45, 7) is 0. The Morgan fingerprint density at radius 1 is 0.457 bits per heavy atom. The number of furan rings is 1. The maximum Gasteiger partial charge on any atom is 0.165 e. The van der Waals surface area contributed by atoms with Crippen molar-refractivity contribution in [3.8, 4) is 28.2 Å². The molecule has 4 nitrogen and oxygen atoms in total. The molecule has 0 atom stereocenters. The summed E-state index contributed by atoms with van der Waals surface area (Å²) in [6, 6.07) is 53.0. The van der Waals surface area contributed by atoms with Gasteiger partial charge in [0, 0.05) is 21.7 Å². The van der Waals surface area contributed by atoms with Crippen LogP contribution in [0.2, 0.25) is 0 Å². The van der Waals surface area contributed by atoms with Crippen LogP contribution in [0.3, 0.4) is 0 Å². The van der Waals surface area contributed by atoms with Gasteiger partial charge < -0.3 is 4.42 Å². The largest absolute Gasteiger partial charge is 0.455 e. The Balaban J connectivity index is 1.35. The third-order valence-electron chi connectivity index (χ3n) is 9.17. The van der Waals surface area contributed by atoms with Gasteiger partial charge in [0.2, 0.25) is 0 Å². The van der Waals surface area contributed by atoms with Gasteiger partial charge in [0.15, 0.2) is 5.82 Å². The Hall–Kier alpha value is -6.26. The fraction of sp³-hybridized carbons (Fsp3) is 0. The number of benzene rings is 7. The van der Waals surface area contributed by atoms with Crippen molar-refractivity contribution in [1.29, 1.82) is 0 Å². The Morgan fingerprint density at radius 2 is 1.15 bits per heavy atom. The molecule has 4 heteroatoms. The maximum atomic E-state index is 6.62. The molecule has 10 aromatic rings. The Kier molecular flexibility index (Phi) is 5.25. The van der Waals surface area contributed by atoms with Crippen LogP contribution >= 0.6 is 0 Å². The first kappa shape index (κ1) is 25.1. The number of hydrogen-bond donors (Lipinski definition) is 0. The van der Waals surface area contributed by atoms with E-state index < -0.39 is 0 Å². The van der Waals surface area contributed by atoms with Gasteiger partial charge in [0.1, 0.15) is 16.9 Å². The molecule has 0 bridgehead atoms. The predicted molar refractivity (Wildman–Crippen MR) is 190 cm³/mol. The lowest BCUT2D eigenvalue weighted by atomic mass is 10.00. The van der Waals surface area contributed by atoms with E-state index in [-0.39, 0.29) is 0 Å². The Labute approximate surface area is 263 Å². The minimum absolute atomic E-state index is 0.788. The summed E-state index contributed by atoms with van der Waals surface area (Å²) in [5.74, 6) is 0.788. The lowest BCUT2D eigenvalue weighted by molar-refractivity contribution is 0.673. The van der Waals surface area contributed by atoms with Gasteiger partial charge in [-0.2, -0.15) is 0 Å². The van der Waals surface area contributed by atoms with Crippen molar-refractivity contribution in [3.63, 3.8) is 0 Å². The summed E-state index contributed by atoms with van der Waals surface area (Å²) >= 11 is 0. The van der Waals surface area contributed by atoms with Crippen molar-refractivity contribution in [2.24, 2.45) is 0 Å². The second-order valence-electron chi connectivity index (χ2n) is 11.8. The molecular weight excluding hydrogens is 562 g/mol. The van der Waals surface area contributed by atoms with Crippen LogP contribution in [-0.2, 0) is 0 Å². The SMILES string of the molecule is c1ccc(-c2nc3ccccc3nc2-n2c3cc(-c4ccc5ccccc5c4)ccc3c3c4oc5ccccc5c4ccc32)cc1. The molecular formula is C42H25N3O. The highest BCUT2D eigenvalue weighted by atomic mass is 16.3. The van der Waals surface area contributed by atoms with E-state index in [9.17, 15) is 0 Å². The number of hydrogen-bond acceptors (Lipinski definition) is 3.